The van der Waals surface area contributed by atoms with E-state index in [4.69, 9.17) is 23.7 Å². The predicted octanol–water partition coefficient (Wildman–Crippen LogP) is 2.58. The number of rotatable bonds is 9. The molecule has 1 fully saturated rings. The first-order valence-electron chi connectivity index (χ1n) is 13.7. The molecule has 1 spiro atoms. The molecule has 1 saturated heterocycles. The van der Waals surface area contributed by atoms with E-state index in [0.717, 1.165) is 43.5 Å². The van der Waals surface area contributed by atoms with E-state index in [1.165, 1.54) is 7.11 Å². The van der Waals surface area contributed by atoms with Crippen LogP contribution in [0.4, 0.5) is 0 Å². The van der Waals surface area contributed by atoms with Gasteiger partial charge in [-0.2, -0.15) is 0 Å². The Bertz CT molecular complexity index is 1160. The van der Waals surface area contributed by atoms with Crippen LogP contribution < -0.4 is 9.47 Å². The average Bonchev–Trinajstić information content (AvgIpc) is 3.56. The molecule has 2 unspecified atom stereocenters. The number of esters is 2. The quantitative estimate of drug-likeness (QED) is 0.448. The number of ether oxygens (including phenoxy) is 5. The van der Waals surface area contributed by atoms with Gasteiger partial charge in [0, 0.05) is 6.54 Å². The number of benzene rings is 1. The largest absolute Gasteiger partial charge is 0.497 e. The molecular formula is C29H39NO9. The van der Waals surface area contributed by atoms with Crippen molar-refractivity contribution in [1.29, 1.82) is 0 Å². The summed E-state index contributed by atoms with van der Waals surface area (Å²) in [5.74, 6) is -0.0645. The standard InChI is InChI=1S/C29H39NO9/c1-27(2,33)8-5-10-29(34,16-23(31)36-4)26(32)39-25-22(35-3)15-28-9-6-11-30(28)12-7-18-13-20-21(38-17-37-20)14-19(18)24(25)28/h13-15,24-25,33-34H,5-12,16-17H2,1-4H3/t24?,25-,28-,29?/m0/s1. The van der Waals surface area contributed by atoms with Crippen molar-refractivity contribution in [3.8, 4) is 11.5 Å². The predicted molar refractivity (Wildman–Crippen MR) is 139 cm³/mol. The van der Waals surface area contributed by atoms with Crippen LogP contribution in [0.25, 0.3) is 0 Å². The molecule has 0 radical (unpaired) electrons. The number of hydrogen-bond donors (Lipinski definition) is 2. The lowest BCUT2D eigenvalue weighted by Crippen LogP contribution is -2.49. The summed E-state index contributed by atoms with van der Waals surface area (Å²) in [5, 5.41) is 21.6. The van der Waals surface area contributed by atoms with Gasteiger partial charge in [0.1, 0.15) is 5.76 Å². The highest BCUT2D eigenvalue weighted by atomic mass is 16.7. The molecule has 3 heterocycles. The Kier molecular flexibility index (Phi) is 7.32. The summed E-state index contributed by atoms with van der Waals surface area (Å²) in [6.45, 7) is 5.21. The first-order valence-corrected chi connectivity index (χ1v) is 13.7. The molecule has 3 aliphatic heterocycles. The lowest BCUT2D eigenvalue weighted by molar-refractivity contribution is -0.178. The van der Waals surface area contributed by atoms with Gasteiger partial charge in [0.2, 0.25) is 6.79 Å². The molecule has 0 aromatic heterocycles. The number of hydrogen-bond acceptors (Lipinski definition) is 10. The normalized spacial score (nSPS) is 27.0. The van der Waals surface area contributed by atoms with Crippen molar-refractivity contribution in [2.45, 2.75) is 87.6 Å². The molecule has 0 bridgehead atoms. The minimum atomic E-state index is -2.12. The van der Waals surface area contributed by atoms with Gasteiger partial charge in [0.25, 0.3) is 0 Å². The Morgan fingerprint density at radius 2 is 1.87 bits per heavy atom. The third-order valence-corrected chi connectivity index (χ3v) is 8.62. The van der Waals surface area contributed by atoms with Crippen LogP contribution >= 0.6 is 0 Å². The molecule has 2 N–H and O–H groups in total. The van der Waals surface area contributed by atoms with Gasteiger partial charge < -0.3 is 33.9 Å². The van der Waals surface area contributed by atoms with E-state index in [2.05, 4.69) is 11.0 Å². The third kappa shape index (κ3) is 5.10. The van der Waals surface area contributed by atoms with Crippen LogP contribution in [0.3, 0.4) is 0 Å². The fourth-order valence-electron chi connectivity index (χ4n) is 6.71. The highest BCUT2D eigenvalue weighted by Gasteiger charge is 2.59. The fraction of sp³-hybridized carbons (Fsp3) is 0.655. The second-order valence-electron chi connectivity index (χ2n) is 11.7. The number of carbonyl (C=O) groups excluding carboxylic acids is 2. The number of nitrogens with zero attached hydrogens (tertiary/aromatic N) is 1. The van der Waals surface area contributed by atoms with Gasteiger partial charge >= 0.3 is 11.9 Å². The zero-order chi connectivity index (χ0) is 28.0. The van der Waals surface area contributed by atoms with Crippen LogP contribution in [-0.4, -0.2) is 84.0 Å². The van der Waals surface area contributed by atoms with Gasteiger partial charge in [-0.3, -0.25) is 9.69 Å². The zero-order valence-electron chi connectivity index (χ0n) is 23.2. The molecule has 39 heavy (non-hydrogen) atoms. The van der Waals surface area contributed by atoms with Crippen LogP contribution in [0.1, 0.15) is 69.4 Å². The Balaban J connectivity index is 1.50. The second-order valence-corrected chi connectivity index (χ2v) is 11.7. The Morgan fingerprint density at radius 1 is 1.13 bits per heavy atom. The molecule has 4 atom stereocenters. The van der Waals surface area contributed by atoms with Gasteiger partial charge in [-0.05, 0) is 88.3 Å². The maximum atomic E-state index is 13.8. The SMILES string of the molecule is COC(=O)CC(O)(CCCC(C)(C)O)C(=O)O[C@H]1C(OC)=C[C@]23CCCN2CCc2cc4c(cc2C13)OCO4. The van der Waals surface area contributed by atoms with Crippen molar-refractivity contribution >= 4 is 11.9 Å². The monoisotopic (exact) mass is 545 g/mol. The maximum absolute atomic E-state index is 13.8. The first-order chi connectivity index (χ1) is 18.5. The van der Waals surface area contributed by atoms with Crippen molar-refractivity contribution in [2.24, 2.45) is 0 Å². The molecule has 214 valence electrons. The highest BCUT2D eigenvalue weighted by molar-refractivity contribution is 5.86. The molecule has 10 nitrogen and oxygen atoms in total. The number of methoxy groups -OCH3 is 2. The lowest BCUT2D eigenvalue weighted by atomic mass is 9.77. The summed E-state index contributed by atoms with van der Waals surface area (Å²) in [7, 11) is 2.76. The van der Waals surface area contributed by atoms with Gasteiger partial charge in [-0.25, -0.2) is 4.79 Å². The van der Waals surface area contributed by atoms with Gasteiger partial charge in [-0.15, -0.1) is 0 Å². The highest BCUT2D eigenvalue weighted by Crippen LogP contribution is 2.55. The van der Waals surface area contributed by atoms with Gasteiger partial charge in [-0.1, -0.05) is 0 Å². The van der Waals surface area contributed by atoms with E-state index >= 15 is 0 Å². The zero-order valence-corrected chi connectivity index (χ0v) is 23.2. The minimum Gasteiger partial charge on any atom is -0.497 e. The van der Waals surface area contributed by atoms with Crippen LogP contribution in [0.5, 0.6) is 11.5 Å². The van der Waals surface area contributed by atoms with E-state index in [-0.39, 0.29) is 19.1 Å². The summed E-state index contributed by atoms with van der Waals surface area (Å²) in [5.41, 5.74) is -1.42. The Hall–Kier alpha value is -2.82. The summed E-state index contributed by atoms with van der Waals surface area (Å²) in [4.78, 5) is 28.4. The molecule has 0 amide bonds. The molecule has 1 aromatic rings. The fourth-order valence-corrected chi connectivity index (χ4v) is 6.71. The topological polar surface area (TPSA) is 124 Å². The molecule has 0 saturated carbocycles. The minimum absolute atomic E-state index is 0.0686. The Morgan fingerprint density at radius 3 is 2.56 bits per heavy atom. The van der Waals surface area contributed by atoms with Crippen molar-refractivity contribution < 1.29 is 43.5 Å². The van der Waals surface area contributed by atoms with Gasteiger partial charge in [0.05, 0.1) is 37.7 Å². The Labute approximate surface area is 228 Å². The van der Waals surface area contributed by atoms with E-state index in [9.17, 15) is 19.8 Å². The molecular weight excluding hydrogens is 506 g/mol. The second kappa shape index (κ2) is 10.3. The van der Waals surface area contributed by atoms with Crippen LogP contribution in [0.15, 0.2) is 24.0 Å². The molecule has 4 aliphatic rings. The summed E-state index contributed by atoms with van der Waals surface area (Å²) in [6.07, 6.45) is 3.94. The smallest absolute Gasteiger partial charge is 0.339 e. The average molecular weight is 546 g/mol. The van der Waals surface area contributed by atoms with E-state index in [1.807, 2.05) is 12.1 Å². The van der Waals surface area contributed by atoms with E-state index in [0.29, 0.717) is 30.1 Å². The number of fused-ring (bicyclic) bond motifs is 3. The van der Waals surface area contributed by atoms with Crippen molar-refractivity contribution in [1.82, 2.24) is 4.90 Å². The summed E-state index contributed by atoms with van der Waals surface area (Å²) < 4.78 is 28.1. The van der Waals surface area contributed by atoms with Crippen LogP contribution in [0, 0.1) is 0 Å². The molecule has 1 aliphatic carbocycles. The van der Waals surface area contributed by atoms with Crippen LogP contribution in [0.2, 0.25) is 0 Å². The number of aliphatic hydroxyl groups is 2. The summed E-state index contributed by atoms with van der Waals surface area (Å²) >= 11 is 0. The first kappa shape index (κ1) is 27.7. The van der Waals surface area contributed by atoms with Crippen molar-refractivity contribution in [3.63, 3.8) is 0 Å². The van der Waals surface area contributed by atoms with E-state index < -0.39 is 41.2 Å². The molecule has 1 aromatic carbocycles. The lowest BCUT2D eigenvalue weighted by Gasteiger charge is -2.39. The van der Waals surface area contributed by atoms with Gasteiger partial charge in [0.15, 0.2) is 23.2 Å². The van der Waals surface area contributed by atoms with Crippen molar-refractivity contribution in [2.75, 3.05) is 34.1 Å². The van der Waals surface area contributed by atoms with Crippen LogP contribution in [-0.2, 0) is 30.2 Å². The number of carbonyl (C=O) groups is 2. The van der Waals surface area contributed by atoms with E-state index in [1.54, 1.807) is 21.0 Å². The van der Waals surface area contributed by atoms with Crippen molar-refractivity contribution in [3.05, 3.63) is 35.1 Å². The third-order valence-electron chi connectivity index (χ3n) is 8.62. The molecule has 5 rings (SSSR count). The summed E-state index contributed by atoms with van der Waals surface area (Å²) in [6, 6.07) is 4.00. The molecule has 10 heteroatoms. The maximum Gasteiger partial charge on any atom is 0.339 e.